The van der Waals surface area contributed by atoms with Crippen molar-refractivity contribution in [3.8, 4) is 0 Å². The fourth-order valence-corrected chi connectivity index (χ4v) is 3.40. The summed E-state index contributed by atoms with van der Waals surface area (Å²) in [6, 6.07) is 2.74. The predicted octanol–water partition coefficient (Wildman–Crippen LogP) is 1.69. The molecule has 2 N–H and O–H groups in total. The molecule has 17 heavy (non-hydrogen) atoms. The van der Waals surface area contributed by atoms with E-state index in [1.165, 1.54) is 23.4 Å². The summed E-state index contributed by atoms with van der Waals surface area (Å²) in [5.74, 6) is 0. The van der Waals surface area contributed by atoms with Crippen LogP contribution in [0, 0.1) is 6.92 Å². The highest BCUT2D eigenvalue weighted by Gasteiger charge is 2.28. The average molecular weight is 253 g/mol. The first-order valence-electron chi connectivity index (χ1n) is 6.28. The SMILES string of the molecule is Cc1sccc1C(N)C1CN(C)CCCN1C. The zero-order chi connectivity index (χ0) is 12.4. The van der Waals surface area contributed by atoms with Gasteiger partial charge in [0.2, 0.25) is 0 Å². The lowest BCUT2D eigenvalue weighted by Gasteiger charge is -2.32. The minimum absolute atomic E-state index is 0.131. The van der Waals surface area contributed by atoms with E-state index in [2.05, 4.69) is 42.3 Å². The second-order valence-electron chi connectivity index (χ2n) is 5.12. The quantitative estimate of drug-likeness (QED) is 0.870. The molecule has 4 heteroatoms. The Morgan fingerprint density at radius 3 is 2.82 bits per heavy atom. The van der Waals surface area contributed by atoms with E-state index in [-0.39, 0.29) is 6.04 Å². The molecule has 1 aromatic rings. The Bertz CT molecular complexity index is 363. The zero-order valence-electron chi connectivity index (χ0n) is 11.0. The molecule has 0 aliphatic carbocycles. The largest absolute Gasteiger partial charge is 0.323 e. The number of hydrogen-bond acceptors (Lipinski definition) is 4. The number of likely N-dealkylation sites (N-methyl/N-ethyl adjacent to an activating group) is 2. The number of nitrogens with two attached hydrogens (primary N) is 1. The van der Waals surface area contributed by atoms with Crippen LogP contribution < -0.4 is 5.73 Å². The minimum atomic E-state index is 0.131. The molecular weight excluding hydrogens is 230 g/mol. The predicted molar refractivity (Wildman–Crippen MR) is 74.5 cm³/mol. The van der Waals surface area contributed by atoms with Gasteiger partial charge in [0.25, 0.3) is 0 Å². The number of thiophene rings is 1. The van der Waals surface area contributed by atoms with Gasteiger partial charge in [-0.1, -0.05) is 0 Å². The normalized spacial score (nSPS) is 25.8. The summed E-state index contributed by atoms with van der Waals surface area (Å²) < 4.78 is 0. The molecule has 3 nitrogen and oxygen atoms in total. The minimum Gasteiger partial charge on any atom is -0.323 e. The van der Waals surface area contributed by atoms with Gasteiger partial charge in [-0.2, -0.15) is 0 Å². The molecular formula is C13H23N3S. The molecule has 2 heterocycles. The molecule has 0 amide bonds. The summed E-state index contributed by atoms with van der Waals surface area (Å²) in [7, 11) is 4.39. The van der Waals surface area contributed by atoms with Gasteiger partial charge in [0, 0.05) is 23.5 Å². The van der Waals surface area contributed by atoms with Gasteiger partial charge in [0.05, 0.1) is 0 Å². The Morgan fingerprint density at radius 1 is 1.41 bits per heavy atom. The van der Waals surface area contributed by atoms with Gasteiger partial charge in [0.15, 0.2) is 0 Å². The summed E-state index contributed by atoms with van der Waals surface area (Å²) >= 11 is 1.79. The van der Waals surface area contributed by atoms with Crippen LogP contribution >= 0.6 is 11.3 Å². The van der Waals surface area contributed by atoms with E-state index in [4.69, 9.17) is 5.73 Å². The smallest absolute Gasteiger partial charge is 0.0476 e. The molecule has 0 radical (unpaired) electrons. The fraction of sp³-hybridized carbons (Fsp3) is 0.692. The highest BCUT2D eigenvalue weighted by Crippen LogP contribution is 2.26. The molecule has 1 aliphatic heterocycles. The van der Waals surface area contributed by atoms with Crippen LogP contribution in [0.1, 0.15) is 22.9 Å². The van der Waals surface area contributed by atoms with Gasteiger partial charge in [-0.05, 0) is 57.5 Å². The molecule has 0 spiro atoms. The van der Waals surface area contributed by atoms with Crippen LogP contribution in [0.3, 0.4) is 0 Å². The number of rotatable bonds is 2. The highest BCUT2D eigenvalue weighted by molar-refractivity contribution is 7.10. The summed E-state index contributed by atoms with van der Waals surface area (Å²) in [4.78, 5) is 6.18. The van der Waals surface area contributed by atoms with E-state index in [0.29, 0.717) is 6.04 Å². The second kappa shape index (κ2) is 5.48. The molecule has 96 valence electrons. The first-order valence-corrected chi connectivity index (χ1v) is 7.16. The fourth-order valence-electron chi connectivity index (χ4n) is 2.64. The molecule has 2 unspecified atom stereocenters. The van der Waals surface area contributed by atoms with Gasteiger partial charge < -0.3 is 15.5 Å². The van der Waals surface area contributed by atoms with E-state index in [1.54, 1.807) is 11.3 Å². The maximum absolute atomic E-state index is 6.48. The van der Waals surface area contributed by atoms with Crippen LogP contribution in [0.2, 0.25) is 0 Å². The van der Waals surface area contributed by atoms with Gasteiger partial charge in [-0.3, -0.25) is 0 Å². The van der Waals surface area contributed by atoms with Crippen LogP contribution in [0.4, 0.5) is 0 Å². The van der Waals surface area contributed by atoms with Crippen molar-refractivity contribution in [1.82, 2.24) is 9.80 Å². The van der Waals surface area contributed by atoms with E-state index in [0.717, 1.165) is 13.1 Å². The topological polar surface area (TPSA) is 32.5 Å². The van der Waals surface area contributed by atoms with Gasteiger partial charge >= 0.3 is 0 Å². The van der Waals surface area contributed by atoms with Crippen LogP contribution in [0.25, 0.3) is 0 Å². The lowest BCUT2D eigenvalue weighted by molar-refractivity contribution is 0.196. The summed E-state index contributed by atoms with van der Waals surface area (Å²) in [5, 5.41) is 2.14. The Hall–Kier alpha value is -0.420. The molecule has 0 aromatic carbocycles. The lowest BCUT2D eigenvalue weighted by Crippen LogP contribution is -2.45. The molecule has 1 fully saturated rings. The molecule has 0 saturated carbocycles. The maximum Gasteiger partial charge on any atom is 0.0476 e. The first-order chi connectivity index (χ1) is 8.09. The molecule has 2 rings (SSSR count). The van der Waals surface area contributed by atoms with Crippen LogP contribution in [-0.2, 0) is 0 Å². The van der Waals surface area contributed by atoms with Crippen molar-refractivity contribution in [2.45, 2.75) is 25.4 Å². The Labute approximate surface area is 108 Å². The van der Waals surface area contributed by atoms with Crippen LogP contribution in [0.15, 0.2) is 11.4 Å². The van der Waals surface area contributed by atoms with E-state index >= 15 is 0 Å². The van der Waals surface area contributed by atoms with Crippen molar-refractivity contribution in [3.05, 3.63) is 21.9 Å². The molecule has 0 bridgehead atoms. The van der Waals surface area contributed by atoms with Crippen molar-refractivity contribution < 1.29 is 0 Å². The maximum atomic E-state index is 6.48. The Kier molecular flexibility index (Phi) is 4.20. The van der Waals surface area contributed by atoms with Crippen molar-refractivity contribution in [1.29, 1.82) is 0 Å². The molecule has 1 aromatic heterocycles. The lowest BCUT2D eigenvalue weighted by atomic mass is 10.00. The van der Waals surface area contributed by atoms with Gasteiger partial charge in [-0.25, -0.2) is 0 Å². The van der Waals surface area contributed by atoms with Crippen molar-refractivity contribution in [2.24, 2.45) is 5.73 Å². The third kappa shape index (κ3) is 2.88. The Balaban J connectivity index is 2.16. The number of nitrogens with zero attached hydrogens (tertiary/aromatic N) is 2. The van der Waals surface area contributed by atoms with Gasteiger partial charge in [-0.15, -0.1) is 11.3 Å². The Morgan fingerprint density at radius 2 is 2.18 bits per heavy atom. The number of aryl methyl sites for hydroxylation is 1. The average Bonchev–Trinajstić information content (AvgIpc) is 2.63. The third-order valence-corrected chi connectivity index (χ3v) is 4.65. The highest BCUT2D eigenvalue weighted by atomic mass is 32.1. The summed E-state index contributed by atoms with van der Waals surface area (Å²) in [6.07, 6.45) is 1.23. The molecule has 2 atom stereocenters. The second-order valence-corrected chi connectivity index (χ2v) is 6.24. The standard InChI is InChI=1S/C13H23N3S/c1-10-11(5-8-17-10)13(14)12-9-15(2)6-4-7-16(12)3/h5,8,12-13H,4,6-7,9,14H2,1-3H3. The van der Waals surface area contributed by atoms with Crippen molar-refractivity contribution >= 4 is 11.3 Å². The third-order valence-electron chi connectivity index (χ3n) is 3.79. The monoisotopic (exact) mass is 253 g/mol. The van der Waals surface area contributed by atoms with Crippen LogP contribution in [0.5, 0.6) is 0 Å². The van der Waals surface area contributed by atoms with E-state index in [9.17, 15) is 0 Å². The zero-order valence-corrected chi connectivity index (χ0v) is 11.8. The summed E-state index contributed by atoms with van der Waals surface area (Å²) in [6.45, 7) is 5.55. The first kappa shape index (κ1) is 13.0. The van der Waals surface area contributed by atoms with Crippen molar-refractivity contribution in [3.63, 3.8) is 0 Å². The van der Waals surface area contributed by atoms with E-state index < -0.39 is 0 Å². The van der Waals surface area contributed by atoms with Crippen LogP contribution in [-0.4, -0.2) is 49.6 Å². The molecule has 1 saturated heterocycles. The number of hydrogen-bond donors (Lipinski definition) is 1. The molecule has 1 aliphatic rings. The van der Waals surface area contributed by atoms with Gasteiger partial charge in [0.1, 0.15) is 0 Å². The summed E-state index contributed by atoms with van der Waals surface area (Å²) in [5.41, 5.74) is 7.80. The van der Waals surface area contributed by atoms with E-state index in [1.807, 2.05) is 0 Å². The van der Waals surface area contributed by atoms with Crippen molar-refractivity contribution in [2.75, 3.05) is 33.7 Å².